The van der Waals surface area contributed by atoms with E-state index in [9.17, 15) is 4.79 Å². The summed E-state index contributed by atoms with van der Waals surface area (Å²) in [6.07, 6.45) is 6.54. The Labute approximate surface area is 124 Å². The minimum Gasteiger partial charge on any atom is -0.351 e. The molecule has 19 heavy (non-hydrogen) atoms. The summed E-state index contributed by atoms with van der Waals surface area (Å²) in [5.74, 6) is 0.696. The third kappa shape index (κ3) is 5.45. The maximum atomic E-state index is 11.8. The molecule has 2 rings (SSSR count). The van der Waals surface area contributed by atoms with Gasteiger partial charge < -0.3 is 5.32 Å². The molecular weight excluding hydrogens is 278 g/mol. The Morgan fingerprint density at radius 2 is 2.11 bits per heavy atom. The van der Waals surface area contributed by atoms with Gasteiger partial charge in [-0.3, -0.25) is 4.79 Å². The molecule has 2 nitrogen and oxygen atoms in total. The number of hydrogen-bond acceptors (Lipinski definition) is 2. The van der Waals surface area contributed by atoms with Crippen molar-refractivity contribution in [3.05, 3.63) is 34.9 Å². The first kappa shape index (κ1) is 14.7. The molecule has 0 spiro atoms. The number of rotatable bonds is 5. The molecule has 0 radical (unpaired) electrons. The van der Waals surface area contributed by atoms with Crippen LogP contribution in [0.25, 0.3) is 0 Å². The standard InChI is InChI=1S/C15H20ClNOS/c16-13-6-4-5-12(9-13)10-17-15(18)11-19-14-7-2-1-3-8-14/h4-6,9,14H,1-3,7-8,10-11H2,(H,17,18). The topological polar surface area (TPSA) is 29.1 Å². The lowest BCUT2D eigenvalue weighted by Gasteiger charge is -2.20. The average molecular weight is 298 g/mol. The van der Waals surface area contributed by atoms with Gasteiger partial charge in [0.15, 0.2) is 0 Å². The molecule has 1 aromatic carbocycles. The zero-order chi connectivity index (χ0) is 13.5. The van der Waals surface area contributed by atoms with Gasteiger partial charge in [-0.15, -0.1) is 11.8 Å². The fourth-order valence-electron chi connectivity index (χ4n) is 2.32. The zero-order valence-corrected chi connectivity index (χ0v) is 12.6. The van der Waals surface area contributed by atoms with Gasteiger partial charge in [0.2, 0.25) is 5.91 Å². The Morgan fingerprint density at radius 3 is 2.84 bits per heavy atom. The second-order valence-electron chi connectivity index (χ2n) is 4.98. The van der Waals surface area contributed by atoms with Crippen LogP contribution in [-0.2, 0) is 11.3 Å². The first-order valence-corrected chi connectivity index (χ1v) is 8.29. The highest BCUT2D eigenvalue weighted by Gasteiger charge is 2.15. The van der Waals surface area contributed by atoms with Gasteiger partial charge in [0.05, 0.1) is 5.75 Å². The fourth-order valence-corrected chi connectivity index (χ4v) is 3.69. The SMILES string of the molecule is O=C(CSC1CCCCC1)NCc1cccc(Cl)c1. The molecule has 104 valence electrons. The molecule has 1 saturated carbocycles. The quantitative estimate of drug-likeness (QED) is 0.889. The van der Waals surface area contributed by atoms with Crippen LogP contribution in [0.15, 0.2) is 24.3 Å². The third-order valence-corrected chi connectivity index (χ3v) is 4.99. The van der Waals surface area contributed by atoms with Crippen molar-refractivity contribution in [2.75, 3.05) is 5.75 Å². The molecule has 1 N–H and O–H groups in total. The number of carbonyl (C=O) groups excluding carboxylic acids is 1. The van der Waals surface area contributed by atoms with Gasteiger partial charge in [0.1, 0.15) is 0 Å². The summed E-state index contributed by atoms with van der Waals surface area (Å²) in [5, 5.41) is 4.34. The van der Waals surface area contributed by atoms with E-state index in [-0.39, 0.29) is 5.91 Å². The second-order valence-corrected chi connectivity index (χ2v) is 6.70. The second kappa shape index (κ2) is 7.81. The molecule has 0 bridgehead atoms. The summed E-state index contributed by atoms with van der Waals surface area (Å²) in [6.45, 7) is 0.560. The average Bonchev–Trinajstić information content (AvgIpc) is 2.44. The van der Waals surface area contributed by atoms with E-state index in [2.05, 4.69) is 5.32 Å². The van der Waals surface area contributed by atoms with Crippen molar-refractivity contribution in [3.63, 3.8) is 0 Å². The van der Waals surface area contributed by atoms with Crippen molar-refractivity contribution in [1.29, 1.82) is 0 Å². The largest absolute Gasteiger partial charge is 0.351 e. The van der Waals surface area contributed by atoms with E-state index in [1.165, 1.54) is 32.1 Å². The molecule has 0 aliphatic heterocycles. The Balaban J connectivity index is 1.66. The molecule has 1 fully saturated rings. The Kier molecular flexibility index (Phi) is 6.05. The van der Waals surface area contributed by atoms with Gasteiger partial charge in [-0.25, -0.2) is 0 Å². The van der Waals surface area contributed by atoms with Crippen molar-refractivity contribution in [2.45, 2.75) is 43.9 Å². The summed E-state index contributed by atoms with van der Waals surface area (Å²) >= 11 is 7.71. The van der Waals surface area contributed by atoms with Crippen LogP contribution in [0.1, 0.15) is 37.7 Å². The van der Waals surface area contributed by atoms with Crippen LogP contribution in [-0.4, -0.2) is 16.9 Å². The predicted octanol–water partition coefficient (Wildman–Crippen LogP) is 4.02. The highest BCUT2D eigenvalue weighted by molar-refractivity contribution is 8.00. The molecule has 0 heterocycles. The number of thioether (sulfide) groups is 1. The predicted molar refractivity (Wildman–Crippen MR) is 82.6 cm³/mol. The Bertz CT molecular complexity index is 418. The minimum absolute atomic E-state index is 0.121. The van der Waals surface area contributed by atoms with E-state index in [4.69, 9.17) is 11.6 Å². The van der Waals surface area contributed by atoms with E-state index in [0.29, 0.717) is 22.6 Å². The monoisotopic (exact) mass is 297 g/mol. The summed E-state index contributed by atoms with van der Waals surface area (Å²) < 4.78 is 0. The van der Waals surface area contributed by atoms with Crippen LogP contribution >= 0.6 is 23.4 Å². The van der Waals surface area contributed by atoms with Gasteiger partial charge in [-0.1, -0.05) is 43.0 Å². The molecule has 1 aliphatic rings. The maximum Gasteiger partial charge on any atom is 0.230 e. The molecule has 0 unspecified atom stereocenters. The normalized spacial score (nSPS) is 16.3. The van der Waals surface area contributed by atoms with E-state index in [1.807, 2.05) is 24.3 Å². The van der Waals surface area contributed by atoms with Crippen LogP contribution in [0.4, 0.5) is 0 Å². The first-order chi connectivity index (χ1) is 9.24. The number of carbonyl (C=O) groups is 1. The number of benzene rings is 1. The fraction of sp³-hybridized carbons (Fsp3) is 0.533. The van der Waals surface area contributed by atoms with Crippen LogP contribution in [0.3, 0.4) is 0 Å². The Hall–Kier alpha value is -0.670. The van der Waals surface area contributed by atoms with Gasteiger partial charge in [0, 0.05) is 16.8 Å². The van der Waals surface area contributed by atoms with Crippen LogP contribution in [0.5, 0.6) is 0 Å². The molecule has 0 atom stereocenters. The lowest BCUT2D eigenvalue weighted by molar-refractivity contribution is -0.118. The van der Waals surface area contributed by atoms with Crippen LogP contribution in [0, 0.1) is 0 Å². The molecule has 1 amide bonds. The molecule has 1 aromatic rings. The van der Waals surface area contributed by atoms with Crippen molar-refractivity contribution in [3.8, 4) is 0 Å². The lowest BCUT2D eigenvalue weighted by Crippen LogP contribution is -2.25. The summed E-state index contributed by atoms with van der Waals surface area (Å²) in [4.78, 5) is 11.8. The van der Waals surface area contributed by atoms with Gasteiger partial charge in [-0.2, -0.15) is 0 Å². The number of hydrogen-bond donors (Lipinski definition) is 1. The molecule has 0 saturated heterocycles. The molecule has 4 heteroatoms. The van der Waals surface area contributed by atoms with E-state index >= 15 is 0 Å². The van der Waals surface area contributed by atoms with Gasteiger partial charge >= 0.3 is 0 Å². The smallest absolute Gasteiger partial charge is 0.230 e. The Morgan fingerprint density at radius 1 is 1.32 bits per heavy atom. The molecule has 1 aliphatic carbocycles. The van der Waals surface area contributed by atoms with Crippen molar-refractivity contribution >= 4 is 29.3 Å². The maximum absolute atomic E-state index is 11.8. The third-order valence-electron chi connectivity index (χ3n) is 3.38. The van der Waals surface area contributed by atoms with Crippen molar-refractivity contribution in [2.24, 2.45) is 0 Å². The van der Waals surface area contributed by atoms with Crippen molar-refractivity contribution in [1.82, 2.24) is 5.32 Å². The van der Waals surface area contributed by atoms with Crippen molar-refractivity contribution < 1.29 is 4.79 Å². The van der Waals surface area contributed by atoms with E-state index < -0.39 is 0 Å². The number of halogens is 1. The lowest BCUT2D eigenvalue weighted by atomic mass is 10.0. The van der Waals surface area contributed by atoms with E-state index in [0.717, 1.165) is 5.56 Å². The van der Waals surface area contributed by atoms with Crippen LogP contribution < -0.4 is 5.32 Å². The van der Waals surface area contributed by atoms with Gasteiger partial charge in [-0.05, 0) is 30.5 Å². The first-order valence-electron chi connectivity index (χ1n) is 6.87. The van der Waals surface area contributed by atoms with Gasteiger partial charge in [0.25, 0.3) is 0 Å². The number of amides is 1. The highest BCUT2D eigenvalue weighted by Crippen LogP contribution is 2.27. The summed E-state index contributed by atoms with van der Waals surface area (Å²) in [5.41, 5.74) is 1.04. The zero-order valence-electron chi connectivity index (χ0n) is 11.0. The number of nitrogens with one attached hydrogen (secondary N) is 1. The highest BCUT2D eigenvalue weighted by atomic mass is 35.5. The van der Waals surface area contributed by atoms with Crippen LogP contribution in [0.2, 0.25) is 5.02 Å². The molecular formula is C15H20ClNOS. The van der Waals surface area contributed by atoms with E-state index in [1.54, 1.807) is 11.8 Å². The summed E-state index contributed by atoms with van der Waals surface area (Å²) in [6, 6.07) is 7.60. The molecule has 0 aromatic heterocycles. The summed E-state index contributed by atoms with van der Waals surface area (Å²) in [7, 11) is 0. The minimum atomic E-state index is 0.121.